The van der Waals surface area contributed by atoms with Crippen LogP contribution in [0.15, 0.2) is 28.5 Å². The van der Waals surface area contributed by atoms with Crippen molar-refractivity contribution in [3.63, 3.8) is 0 Å². The maximum Gasteiger partial charge on any atom is 0.200 e. The van der Waals surface area contributed by atoms with Crippen molar-refractivity contribution in [1.29, 1.82) is 0 Å². The Morgan fingerprint density at radius 1 is 1.23 bits per heavy atom. The average Bonchev–Trinajstić information content (AvgIpc) is 2.27. The second kappa shape index (κ2) is 3.84. The third-order valence-corrected chi connectivity index (χ3v) is 3.21. The van der Waals surface area contributed by atoms with Gasteiger partial charge < -0.3 is 5.11 Å². The third kappa shape index (κ3) is 2.06. The van der Waals surface area contributed by atoms with Crippen molar-refractivity contribution in [2.24, 2.45) is 0 Å². The van der Waals surface area contributed by atoms with Crippen LogP contribution >= 0.6 is 0 Å². The van der Waals surface area contributed by atoms with E-state index in [9.17, 15) is 8.42 Å². The van der Waals surface area contributed by atoms with Crippen LogP contribution in [0.3, 0.4) is 0 Å². The summed E-state index contributed by atoms with van der Waals surface area (Å²) in [6, 6.07) is 4.19. The molecule has 0 atom stereocenters. The molecule has 1 radical (unpaired) electrons. The molecule has 5 heteroatoms. The van der Waals surface area contributed by atoms with Crippen molar-refractivity contribution in [3.8, 4) is 5.75 Å². The molecule has 0 aromatic heterocycles. The second-order valence-corrected chi connectivity index (χ2v) is 4.37. The van der Waals surface area contributed by atoms with Gasteiger partial charge in [-0.05, 0) is 29.8 Å². The van der Waals surface area contributed by atoms with Gasteiger partial charge in [-0.25, -0.2) is 8.42 Å². The van der Waals surface area contributed by atoms with Crippen molar-refractivity contribution in [2.75, 3.05) is 0 Å². The minimum absolute atomic E-state index is 0. The Morgan fingerprint density at radius 2 is 1.92 bits per heavy atom. The summed E-state index contributed by atoms with van der Waals surface area (Å²) in [5.41, 5.74) is 0.551. The third-order valence-electron chi connectivity index (χ3n) is 1.73. The van der Waals surface area contributed by atoms with Crippen LogP contribution in [0.25, 0.3) is 6.08 Å². The summed E-state index contributed by atoms with van der Waals surface area (Å²) >= 11 is 0. The largest absolute Gasteiger partial charge is 0.508 e. The average molecular weight is 221 g/mol. The molecule has 13 heavy (non-hydrogen) atoms. The first-order chi connectivity index (χ1) is 5.59. The topological polar surface area (TPSA) is 54.4 Å². The Bertz CT molecular complexity index is 462. The first kappa shape index (κ1) is 11.4. The van der Waals surface area contributed by atoms with Gasteiger partial charge in [-0.3, -0.25) is 0 Å². The minimum atomic E-state index is -3.21. The van der Waals surface area contributed by atoms with Crippen molar-refractivity contribution in [3.05, 3.63) is 29.2 Å². The zero-order valence-electron chi connectivity index (χ0n) is 7.06. The number of phenolic OH excluding ortho intramolecular Hbond substituents is 1. The number of hydrogen-bond donors (Lipinski definition) is 1. The number of fused-ring (bicyclic) bond motifs is 1. The predicted molar refractivity (Wildman–Crippen MR) is 50.1 cm³/mol. The summed E-state index contributed by atoms with van der Waals surface area (Å²) in [4.78, 5) is 0.264. The molecule has 0 saturated heterocycles. The van der Waals surface area contributed by atoms with E-state index in [1.807, 2.05) is 0 Å². The first-order valence-electron chi connectivity index (χ1n) is 3.36. The zero-order chi connectivity index (χ0) is 8.77. The number of aromatic hydroxyl groups is 1. The van der Waals surface area contributed by atoms with Crippen molar-refractivity contribution >= 4 is 67.3 Å². The predicted octanol–water partition coefficient (Wildman–Crippen LogP) is 0.769. The van der Waals surface area contributed by atoms with Crippen molar-refractivity contribution in [2.45, 2.75) is 4.90 Å². The van der Waals surface area contributed by atoms with Gasteiger partial charge in [0.05, 0.1) is 4.90 Å². The summed E-state index contributed by atoms with van der Waals surface area (Å²) < 4.78 is 22.4. The van der Waals surface area contributed by atoms with E-state index in [0.29, 0.717) is 5.56 Å². The van der Waals surface area contributed by atoms with E-state index >= 15 is 0 Å². The van der Waals surface area contributed by atoms with Crippen molar-refractivity contribution in [1.82, 2.24) is 0 Å². The molecule has 1 heterocycles. The Hall–Kier alpha value is 0.346. The maximum absolute atomic E-state index is 11.2. The van der Waals surface area contributed by atoms with E-state index in [4.69, 9.17) is 5.11 Å². The van der Waals surface area contributed by atoms with E-state index in [1.165, 1.54) is 24.3 Å². The Morgan fingerprint density at radius 3 is 2.62 bits per heavy atom. The smallest absolute Gasteiger partial charge is 0.200 e. The molecule has 0 fully saturated rings. The molecule has 2 rings (SSSR count). The molecular formula is C8H6KO3S. The van der Waals surface area contributed by atoms with Crippen LogP contribution in [0.5, 0.6) is 5.75 Å². The minimum Gasteiger partial charge on any atom is -0.508 e. The molecule has 1 aromatic rings. The Labute approximate surface area is 119 Å². The van der Waals surface area contributed by atoms with E-state index in [0.717, 1.165) is 5.41 Å². The summed E-state index contributed by atoms with van der Waals surface area (Å²) in [5.74, 6) is 0.0792. The van der Waals surface area contributed by atoms with Gasteiger partial charge in [0.15, 0.2) is 9.84 Å². The number of benzene rings is 1. The normalized spacial score (nSPS) is 16.3. The quantitative estimate of drug-likeness (QED) is 0.658. The van der Waals surface area contributed by atoms with Crippen molar-refractivity contribution < 1.29 is 13.5 Å². The maximum atomic E-state index is 11.2. The number of rotatable bonds is 0. The molecule has 0 saturated carbocycles. The van der Waals surface area contributed by atoms with Crippen LogP contribution in [0.2, 0.25) is 0 Å². The monoisotopic (exact) mass is 221 g/mol. The Balaban J connectivity index is 0.000000845. The van der Waals surface area contributed by atoms with E-state index in [-0.39, 0.29) is 62.0 Å². The molecule has 0 aliphatic carbocycles. The van der Waals surface area contributed by atoms with Crippen LogP contribution in [-0.2, 0) is 9.84 Å². The molecule has 3 nitrogen and oxygen atoms in total. The first-order valence-corrected chi connectivity index (χ1v) is 4.90. The molecule has 0 amide bonds. The van der Waals surface area contributed by atoms with Crippen LogP contribution in [0.4, 0.5) is 0 Å². The van der Waals surface area contributed by atoms with Gasteiger partial charge >= 0.3 is 0 Å². The summed E-state index contributed by atoms with van der Waals surface area (Å²) in [6.07, 6.45) is 1.48. The molecule has 1 aliphatic heterocycles. The van der Waals surface area contributed by atoms with Gasteiger partial charge in [0, 0.05) is 56.8 Å². The van der Waals surface area contributed by atoms with Gasteiger partial charge in [0.2, 0.25) is 0 Å². The Kier molecular flexibility index (Phi) is 3.37. The van der Waals surface area contributed by atoms with Crippen LogP contribution < -0.4 is 0 Å². The number of phenols is 1. The molecule has 1 N–H and O–H groups in total. The van der Waals surface area contributed by atoms with Crippen LogP contribution in [0, 0.1) is 0 Å². The second-order valence-electron chi connectivity index (χ2n) is 2.57. The number of hydrogen-bond acceptors (Lipinski definition) is 3. The summed E-state index contributed by atoms with van der Waals surface area (Å²) in [5, 5.41) is 10.2. The van der Waals surface area contributed by atoms with Gasteiger partial charge in [-0.1, -0.05) is 0 Å². The van der Waals surface area contributed by atoms with E-state index in [2.05, 4.69) is 0 Å². The number of sulfone groups is 1. The summed E-state index contributed by atoms with van der Waals surface area (Å²) in [7, 11) is -3.21. The molecule has 1 aromatic carbocycles. The van der Waals surface area contributed by atoms with Gasteiger partial charge in [0.25, 0.3) is 0 Å². The van der Waals surface area contributed by atoms with E-state index in [1.54, 1.807) is 0 Å². The fourth-order valence-corrected chi connectivity index (χ4v) is 2.35. The SMILES string of the molecule is O=S1(=O)C=Cc2cc(O)ccc21.[K]. The standard InChI is InChI=1S/C8H6O3S.K/c9-7-1-2-8-6(5-7)3-4-12(8,10)11;/h1-5,9H;. The zero-order valence-corrected chi connectivity index (χ0v) is 11.0. The molecule has 0 unspecified atom stereocenters. The van der Waals surface area contributed by atoms with Crippen LogP contribution in [0.1, 0.15) is 5.56 Å². The molecule has 63 valence electrons. The summed E-state index contributed by atoms with van der Waals surface area (Å²) in [6.45, 7) is 0. The molecule has 1 aliphatic rings. The van der Waals surface area contributed by atoms with E-state index < -0.39 is 9.84 Å². The van der Waals surface area contributed by atoms with Gasteiger partial charge in [0.1, 0.15) is 5.75 Å². The van der Waals surface area contributed by atoms with Gasteiger partial charge in [-0.15, -0.1) is 0 Å². The molecule has 0 bridgehead atoms. The fraction of sp³-hybridized carbons (Fsp3) is 0. The molecule has 0 spiro atoms. The van der Waals surface area contributed by atoms with Crippen LogP contribution in [-0.4, -0.2) is 64.9 Å². The molecular weight excluding hydrogens is 215 g/mol. The fourth-order valence-electron chi connectivity index (χ4n) is 1.16. The van der Waals surface area contributed by atoms with Gasteiger partial charge in [-0.2, -0.15) is 0 Å².